The summed E-state index contributed by atoms with van der Waals surface area (Å²) < 4.78 is 53.5. The fourth-order valence-electron chi connectivity index (χ4n) is 4.84. The second kappa shape index (κ2) is 11.8. The molecule has 0 bridgehead atoms. The van der Waals surface area contributed by atoms with Crippen LogP contribution in [0.2, 0.25) is 0 Å². The number of hydrogen-bond acceptors (Lipinski definition) is 10. The van der Waals surface area contributed by atoms with Crippen molar-refractivity contribution in [3.63, 3.8) is 0 Å². The van der Waals surface area contributed by atoms with Crippen LogP contribution in [0.4, 0.5) is 11.4 Å². The number of hydrogen-bond donors (Lipinski definition) is 1. The van der Waals surface area contributed by atoms with E-state index in [0.717, 1.165) is 4.90 Å². The third kappa shape index (κ3) is 5.68. The third-order valence-electron chi connectivity index (χ3n) is 7.00. The second-order valence-corrected chi connectivity index (χ2v) is 13.6. The van der Waals surface area contributed by atoms with E-state index < -0.39 is 43.2 Å². The zero-order valence-corrected chi connectivity index (χ0v) is 25.0. The second-order valence-electron chi connectivity index (χ2n) is 9.76. The molecular formula is C31H22N4O8S2. The number of aromatic hydroxyl groups is 1. The average molecular weight is 643 g/mol. The Hall–Kier alpha value is -5.70. The average Bonchev–Trinajstić information content (AvgIpc) is 3.49. The SMILES string of the molecule is COc1ccc(C(=O)N2CS(=O)(=O)c3ccccc32)cc1C#N.N#Cc1cc(C(=O)N2CS(=O)(=O)c3ccccc32)ccc1O. The summed E-state index contributed by atoms with van der Waals surface area (Å²) >= 11 is 0. The first-order valence-corrected chi connectivity index (χ1v) is 16.3. The summed E-state index contributed by atoms with van der Waals surface area (Å²) in [6, 6.07) is 24.6. The summed E-state index contributed by atoms with van der Waals surface area (Å²) in [5.74, 6) is -1.72. The first-order valence-electron chi connectivity index (χ1n) is 13.0. The molecule has 4 aromatic carbocycles. The molecule has 2 aliphatic rings. The maximum Gasteiger partial charge on any atom is 0.259 e. The quantitative estimate of drug-likeness (QED) is 0.346. The number of nitriles is 2. The van der Waals surface area contributed by atoms with Gasteiger partial charge in [0.05, 0.1) is 39.4 Å². The van der Waals surface area contributed by atoms with Gasteiger partial charge >= 0.3 is 0 Å². The molecule has 2 amide bonds. The van der Waals surface area contributed by atoms with Crippen molar-refractivity contribution in [3.8, 4) is 23.6 Å². The van der Waals surface area contributed by atoms with Crippen molar-refractivity contribution in [2.24, 2.45) is 0 Å². The number of phenols is 1. The number of benzene rings is 4. The van der Waals surface area contributed by atoms with Crippen LogP contribution in [0.15, 0.2) is 94.7 Å². The highest BCUT2D eigenvalue weighted by Gasteiger charge is 2.37. The van der Waals surface area contributed by atoms with Gasteiger partial charge in [0.25, 0.3) is 11.8 Å². The lowest BCUT2D eigenvalue weighted by Gasteiger charge is -2.16. The van der Waals surface area contributed by atoms with E-state index in [1.165, 1.54) is 60.5 Å². The van der Waals surface area contributed by atoms with Crippen LogP contribution in [0.5, 0.6) is 11.5 Å². The Morgan fingerprint density at radius 2 is 1.16 bits per heavy atom. The van der Waals surface area contributed by atoms with Gasteiger partial charge in [0.2, 0.25) is 0 Å². The molecule has 226 valence electrons. The fraction of sp³-hybridized carbons (Fsp3) is 0.0968. The summed E-state index contributed by atoms with van der Waals surface area (Å²) in [5.41, 5.74) is 1.22. The van der Waals surface area contributed by atoms with Crippen molar-refractivity contribution < 1.29 is 36.3 Å². The van der Waals surface area contributed by atoms with Gasteiger partial charge in [-0.2, -0.15) is 10.5 Å². The minimum atomic E-state index is -3.54. The van der Waals surface area contributed by atoms with Crippen molar-refractivity contribution in [1.29, 1.82) is 10.5 Å². The molecule has 6 rings (SSSR count). The van der Waals surface area contributed by atoms with Gasteiger partial charge in [-0.3, -0.25) is 19.4 Å². The highest BCUT2D eigenvalue weighted by atomic mass is 32.2. The molecule has 45 heavy (non-hydrogen) atoms. The van der Waals surface area contributed by atoms with E-state index in [4.69, 9.17) is 15.3 Å². The Morgan fingerprint density at radius 3 is 1.62 bits per heavy atom. The number of sulfone groups is 2. The number of methoxy groups -OCH3 is 1. The van der Waals surface area contributed by atoms with Gasteiger partial charge in [-0.15, -0.1) is 0 Å². The van der Waals surface area contributed by atoms with Crippen LogP contribution in [-0.4, -0.2) is 52.6 Å². The molecule has 0 saturated heterocycles. The number of carbonyl (C=O) groups is 2. The standard InChI is InChI=1S/C16H12N2O4S.C15H10N2O4S/c1-22-14-7-6-11(8-12(14)9-17)16(19)18-10-23(20,21)15-5-3-2-4-13(15)18;16-8-11-7-10(5-6-13(11)18)15(19)17-9-22(20,21)14-4-2-1-3-12(14)17/h2-8H,10H2,1H3;1-7,18H,9H2. The van der Waals surface area contributed by atoms with Gasteiger partial charge in [-0.1, -0.05) is 24.3 Å². The Morgan fingerprint density at radius 1 is 0.711 bits per heavy atom. The Bertz CT molecular complexity index is 2190. The minimum Gasteiger partial charge on any atom is -0.507 e. The van der Waals surface area contributed by atoms with Crippen molar-refractivity contribution in [2.45, 2.75) is 9.79 Å². The summed E-state index contributed by atoms with van der Waals surface area (Å²) in [4.78, 5) is 27.8. The number of anilines is 2. The van der Waals surface area contributed by atoms with Gasteiger partial charge in [-0.05, 0) is 60.7 Å². The topological polar surface area (TPSA) is 186 Å². The largest absolute Gasteiger partial charge is 0.507 e. The molecule has 2 aliphatic heterocycles. The first-order chi connectivity index (χ1) is 21.4. The third-order valence-corrected chi connectivity index (χ3v) is 10.2. The van der Waals surface area contributed by atoms with Gasteiger partial charge in [0.1, 0.15) is 35.4 Å². The van der Waals surface area contributed by atoms with Gasteiger partial charge in [0, 0.05) is 11.1 Å². The number of carbonyl (C=O) groups excluding carboxylic acids is 2. The lowest BCUT2D eigenvalue weighted by Crippen LogP contribution is -2.30. The summed E-state index contributed by atoms with van der Waals surface area (Å²) in [6.45, 7) is 0. The maximum absolute atomic E-state index is 12.7. The molecular weight excluding hydrogens is 620 g/mol. The number of rotatable bonds is 3. The van der Waals surface area contributed by atoms with E-state index in [-0.39, 0.29) is 37.8 Å². The Labute approximate surface area is 258 Å². The van der Waals surface area contributed by atoms with Gasteiger partial charge < -0.3 is 9.84 Å². The summed E-state index contributed by atoms with van der Waals surface area (Å²) in [7, 11) is -5.63. The molecule has 0 fully saturated rings. The smallest absolute Gasteiger partial charge is 0.259 e. The van der Waals surface area contributed by atoms with E-state index in [0.29, 0.717) is 17.1 Å². The lowest BCUT2D eigenvalue weighted by atomic mass is 10.1. The van der Waals surface area contributed by atoms with E-state index in [9.17, 15) is 31.5 Å². The lowest BCUT2D eigenvalue weighted by molar-refractivity contribution is 0.0984. The van der Waals surface area contributed by atoms with E-state index in [1.807, 2.05) is 6.07 Å². The molecule has 0 spiro atoms. The van der Waals surface area contributed by atoms with Crippen LogP contribution in [0.3, 0.4) is 0 Å². The number of amides is 2. The number of para-hydroxylation sites is 2. The van der Waals surface area contributed by atoms with Crippen molar-refractivity contribution >= 4 is 42.9 Å². The molecule has 1 N–H and O–H groups in total. The predicted octanol–water partition coefficient (Wildman–Crippen LogP) is 3.61. The Balaban J connectivity index is 0.000000178. The normalized spacial score (nSPS) is 15.0. The predicted molar refractivity (Wildman–Crippen MR) is 161 cm³/mol. The van der Waals surface area contributed by atoms with Crippen LogP contribution in [0, 0.1) is 22.7 Å². The molecule has 12 nitrogen and oxygen atoms in total. The molecule has 2 heterocycles. The molecule has 0 aliphatic carbocycles. The summed E-state index contributed by atoms with van der Waals surface area (Å²) in [6.07, 6.45) is 0. The number of phenolic OH excluding ortho intramolecular Hbond substituents is 1. The highest BCUT2D eigenvalue weighted by Crippen LogP contribution is 2.36. The highest BCUT2D eigenvalue weighted by molar-refractivity contribution is 7.92. The number of nitrogens with zero attached hydrogens (tertiary/aromatic N) is 4. The fourth-order valence-corrected chi connectivity index (χ4v) is 7.88. The van der Waals surface area contributed by atoms with Crippen molar-refractivity contribution in [1.82, 2.24) is 0 Å². The van der Waals surface area contributed by atoms with Crippen LogP contribution >= 0.6 is 0 Å². The molecule has 0 aromatic heterocycles. The molecule has 0 radical (unpaired) electrons. The van der Waals surface area contributed by atoms with Crippen molar-refractivity contribution in [3.05, 3.63) is 107 Å². The minimum absolute atomic E-state index is 0.0406. The first kappa shape index (κ1) is 30.7. The molecule has 0 unspecified atom stereocenters. The molecule has 0 saturated carbocycles. The monoisotopic (exact) mass is 642 g/mol. The maximum atomic E-state index is 12.7. The molecule has 0 atom stereocenters. The Kier molecular flexibility index (Phi) is 8.04. The molecule has 4 aromatic rings. The van der Waals surface area contributed by atoms with Crippen LogP contribution < -0.4 is 14.5 Å². The van der Waals surface area contributed by atoms with E-state index in [1.54, 1.807) is 42.5 Å². The number of fused-ring (bicyclic) bond motifs is 2. The van der Waals surface area contributed by atoms with E-state index in [2.05, 4.69) is 0 Å². The van der Waals surface area contributed by atoms with Crippen molar-refractivity contribution in [2.75, 3.05) is 28.7 Å². The van der Waals surface area contributed by atoms with Crippen LogP contribution in [0.25, 0.3) is 0 Å². The zero-order valence-electron chi connectivity index (χ0n) is 23.4. The van der Waals surface area contributed by atoms with E-state index >= 15 is 0 Å². The summed E-state index contributed by atoms with van der Waals surface area (Å²) in [5, 5.41) is 27.5. The van der Waals surface area contributed by atoms with Crippen LogP contribution in [0.1, 0.15) is 31.8 Å². The van der Waals surface area contributed by atoms with Gasteiger partial charge in [0.15, 0.2) is 19.7 Å². The number of ether oxygens (including phenoxy) is 1. The molecule has 14 heteroatoms. The zero-order chi connectivity index (χ0) is 32.5. The van der Waals surface area contributed by atoms with Gasteiger partial charge in [-0.25, -0.2) is 16.8 Å². The van der Waals surface area contributed by atoms with Crippen LogP contribution in [-0.2, 0) is 19.7 Å².